The summed E-state index contributed by atoms with van der Waals surface area (Å²) < 4.78 is 0. The fourth-order valence-electron chi connectivity index (χ4n) is 4.68. The number of fused-ring (bicyclic) bond motifs is 2. The van der Waals surface area contributed by atoms with Gasteiger partial charge in [-0.05, 0) is 73.0 Å². The standard InChI is InChI=1S/C27H23ClN4O2S/c1-17-6-8-22(12-18(17)2)30-26(34)32-10-11-35-27(32)23-14-21(28)7-9-24(23)31(25(27)33)16-20-5-3-4-19(13-20)15-29/h3-9,12-14H,10-11,16H2,1-2H3,(H,30,34). The van der Waals surface area contributed by atoms with E-state index < -0.39 is 4.87 Å². The number of amides is 3. The summed E-state index contributed by atoms with van der Waals surface area (Å²) in [5, 5.41) is 12.8. The Morgan fingerprint density at radius 1 is 1.14 bits per heavy atom. The fraction of sp³-hybridized carbons (Fsp3) is 0.222. The number of rotatable bonds is 3. The number of nitrogens with zero attached hydrogens (tertiary/aromatic N) is 3. The summed E-state index contributed by atoms with van der Waals surface area (Å²) >= 11 is 7.82. The van der Waals surface area contributed by atoms with E-state index in [0.29, 0.717) is 34.1 Å². The molecule has 1 saturated heterocycles. The third kappa shape index (κ3) is 3.93. The number of urea groups is 1. The summed E-state index contributed by atoms with van der Waals surface area (Å²) in [6.07, 6.45) is 0. The van der Waals surface area contributed by atoms with E-state index in [2.05, 4.69) is 11.4 Å². The molecule has 176 valence electrons. The smallest absolute Gasteiger partial charge is 0.308 e. The summed E-state index contributed by atoms with van der Waals surface area (Å²) in [7, 11) is 0. The monoisotopic (exact) mass is 502 g/mol. The van der Waals surface area contributed by atoms with Crippen molar-refractivity contribution in [3.8, 4) is 6.07 Å². The van der Waals surface area contributed by atoms with Crippen molar-refractivity contribution in [2.24, 2.45) is 0 Å². The number of nitrogens with one attached hydrogen (secondary N) is 1. The van der Waals surface area contributed by atoms with Crippen molar-refractivity contribution < 1.29 is 9.59 Å². The molecule has 5 rings (SSSR count). The molecule has 1 unspecified atom stereocenters. The van der Waals surface area contributed by atoms with Gasteiger partial charge in [0.2, 0.25) is 0 Å². The van der Waals surface area contributed by atoms with E-state index in [1.165, 1.54) is 11.8 Å². The molecule has 1 spiro atoms. The number of aryl methyl sites for hydroxylation is 2. The maximum atomic E-state index is 14.1. The van der Waals surface area contributed by atoms with Crippen LogP contribution in [0.1, 0.15) is 27.8 Å². The van der Waals surface area contributed by atoms with Gasteiger partial charge < -0.3 is 10.2 Å². The molecule has 2 aliphatic rings. The molecule has 1 atom stereocenters. The molecule has 8 heteroatoms. The lowest BCUT2D eigenvalue weighted by Gasteiger charge is -2.33. The predicted molar refractivity (Wildman–Crippen MR) is 140 cm³/mol. The maximum Gasteiger partial charge on any atom is 0.323 e. The number of halogens is 1. The van der Waals surface area contributed by atoms with Gasteiger partial charge in [0.25, 0.3) is 5.91 Å². The van der Waals surface area contributed by atoms with Crippen molar-refractivity contribution >= 4 is 46.7 Å². The Kier molecular flexibility index (Phi) is 5.96. The highest BCUT2D eigenvalue weighted by Crippen LogP contribution is 2.55. The van der Waals surface area contributed by atoms with E-state index in [9.17, 15) is 14.9 Å². The molecule has 0 radical (unpaired) electrons. The summed E-state index contributed by atoms with van der Waals surface area (Å²) in [4.78, 5) is 29.7. The maximum absolute atomic E-state index is 14.1. The first-order chi connectivity index (χ1) is 16.8. The van der Waals surface area contributed by atoms with Crippen LogP contribution >= 0.6 is 23.4 Å². The van der Waals surface area contributed by atoms with Gasteiger partial charge in [-0.25, -0.2) is 4.79 Å². The van der Waals surface area contributed by atoms with E-state index in [0.717, 1.165) is 22.4 Å². The third-order valence-electron chi connectivity index (χ3n) is 6.56. The molecule has 3 aromatic rings. The highest BCUT2D eigenvalue weighted by molar-refractivity contribution is 8.01. The lowest BCUT2D eigenvalue weighted by molar-refractivity contribution is -0.123. The van der Waals surface area contributed by atoms with Crippen LogP contribution in [0.2, 0.25) is 5.02 Å². The van der Waals surface area contributed by atoms with Crippen LogP contribution in [0.4, 0.5) is 16.2 Å². The van der Waals surface area contributed by atoms with Gasteiger partial charge in [0.1, 0.15) is 0 Å². The van der Waals surface area contributed by atoms with Crippen LogP contribution in [0.15, 0.2) is 60.7 Å². The van der Waals surface area contributed by atoms with Crippen LogP contribution in [-0.4, -0.2) is 29.1 Å². The van der Waals surface area contributed by atoms with Gasteiger partial charge in [-0.1, -0.05) is 29.8 Å². The second-order valence-electron chi connectivity index (χ2n) is 8.74. The van der Waals surface area contributed by atoms with Crippen molar-refractivity contribution in [1.82, 2.24) is 4.90 Å². The largest absolute Gasteiger partial charge is 0.323 e. The average Bonchev–Trinajstić information content (AvgIpc) is 3.39. The van der Waals surface area contributed by atoms with Crippen molar-refractivity contribution in [3.63, 3.8) is 0 Å². The van der Waals surface area contributed by atoms with E-state index in [4.69, 9.17) is 11.6 Å². The van der Waals surface area contributed by atoms with Gasteiger partial charge >= 0.3 is 6.03 Å². The Balaban J connectivity index is 1.52. The number of carbonyl (C=O) groups is 2. The number of carbonyl (C=O) groups excluding carboxylic acids is 2. The molecule has 0 saturated carbocycles. The fourth-order valence-corrected chi connectivity index (χ4v) is 6.30. The minimum atomic E-state index is -1.20. The van der Waals surface area contributed by atoms with Crippen molar-refractivity contribution in [1.29, 1.82) is 5.26 Å². The van der Waals surface area contributed by atoms with Gasteiger partial charge in [-0.2, -0.15) is 5.26 Å². The molecule has 0 aromatic heterocycles. The van der Waals surface area contributed by atoms with E-state index in [1.54, 1.807) is 40.1 Å². The molecule has 3 amide bonds. The molecule has 1 N–H and O–H groups in total. The zero-order valence-electron chi connectivity index (χ0n) is 19.3. The van der Waals surface area contributed by atoms with Crippen molar-refractivity contribution in [2.75, 3.05) is 22.5 Å². The van der Waals surface area contributed by atoms with Crippen molar-refractivity contribution in [3.05, 3.63) is 93.5 Å². The molecule has 6 nitrogen and oxygen atoms in total. The quantitative estimate of drug-likeness (QED) is 0.490. The van der Waals surface area contributed by atoms with E-state index in [-0.39, 0.29) is 18.5 Å². The summed E-state index contributed by atoms with van der Waals surface area (Å²) in [5.41, 5.74) is 5.71. The van der Waals surface area contributed by atoms with Crippen LogP contribution < -0.4 is 10.2 Å². The Labute approximate surface area is 213 Å². The minimum absolute atomic E-state index is 0.185. The van der Waals surface area contributed by atoms with E-state index in [1.807, 2.05) is 44.2 Å². The first-order valence-corrected chi connectivity index (χ1v) is 12.6. The summed E-state index contributed by atoms with van der Waals surface area (Å²) in [6.45, 7) is 4.73. The average molecular weight is 503 g/mol. The molecule has 2 aliphatic heterocycles. The molecule has 2 heterocycles. The first kappa shape index (κ1) is 23.3. The van der Waals surface area contributed by atoms with Crippen LogP contribution in [-0.2, 0) is 16.2 Å². The van der Waals surface area contributed by atoms with Crippen molar-refractivity contribution in [2.45, 2.75) is 25.3 Å². The molecule has 0 aliphatic carbocycles. The molecular formula is C27H23ClN4O2S. The zero-order valence-corrected chi connectivity index (χ0v) is 20.9. The van der Waals surface area contributed by atoms with Gasteiger partial charge in [-0.3, -0.25) is 9.69 Å². The highest BCUT2D eigenvalue weighted by atomic mass is 35.5. The second-order valence-corrected chi connectivity index (χ2v) is 10.5. The lowest BCUT2D eigenvalue weighted by Crippen LogP contribution is -2.51. The Hall–Kier alpha value is -3.47. The van der Waals surface area contributed by atoms with Crippen LogP contribution in [0.5, 0.6) is 0 Å². The molecule has 3 aromatic carbocycles. The number of benzene rings is 3. The Morgan fingerprint density at radius 3 is 2.74 bits per heavy atom. The molecular weight excluding hydrogens is 480 g/mol. The SMILES string of the molecule is Cc1ccc(NC(=O)N2CCSC23C(=O)N(Cc2cccc(C#N)c2)c2ccc(Cl)cc23)cc1C. The topological polar surface area (TPSA) is 76.4 Å². The normalized spacial score (nSPS) is 18.6. The Bertz CT molecular complexity index is 1400. The number of hydrogen-bond donors (Lipinski definition) is 1. The van der Waals surface area contributed by atoms with Crippen LogP contribution in [0, 0.1) is 25.2 Å². The molecule has 0 bridgehead atoms. The number of thioether (sulfide) groups is 1. The van der Waals surface area contributed by atoms with E-state index >= 15 is 0 Å². The number of nitriles is 1. The van der Waals surface area contributed by atoms with Gasteiger partial charge in [0.15, 0.2) is 4.87 Å². The molecule has 1 fully saturated rings. The number of hydrogen-bond acceptors (Lipinski definition) is 4. The predicted octanol–water partition coefficient (Wildman–Crippen LogP) is 5.81. The summed E-state index contributed by atoms with van der Waals surface area (Å²) in [6, 6.07) is 20.2. The van der Waals surface area contributed by atoms with Gasteiger partial charge in [0, 0.05) is 28.6 Å². The van der Waals surface area contributed by atoms with Gasteiger partial charge in [0.05, 0.1) is 23.9 Å². The lowest BCUT2D eigenvalue weighted by atomic mass is 10.1. The van der Waals surface area contributed by atoms with Crippen LogP contribution in [0.25, 0.3) is 0 Å². The summed E-state index contributed by atoms with van der Waals surface area (Å²) in [5.74, 6) is 0.436. The zero-order chi connectivity index (χ0) is 24.7. The third-order valence-corrected chi connectivity index (χ3v) is 8.21. The highest BCUT2D eigenvalue weighted by Gasteiger charge is 2.59. The minimum Gasteiger partial charge on any atom is -0.308 e. The van der Waals surface area contributed by atoms with Crippen LogP contribution in [0.3, 0.4) is 0 Å². The Morgan fingerprint density at radius 2 is 1.97 bits per heavy atom. The number of anilines is 2. The molecule has 35 heavy (non-hydrogen) atoms. The second kappa shape index (κ2) is 8.95. The first-order valence-electron chi connectivity index (χ1n) is 11.2. The van der Waals surface area contributed by atoms with Gasteiger partial charge in [-0.15, -0.1) is 11.8 Å².